The van der Waals surface area contributed by atoms with Gasteiger partial charge in [-0.3, -0.25) is 4.79 Å². The molecule has 0 saturated carbocycles. The van der Waals surface area contributed by atoms with Gasteiger partial charge in [0.25, 0.3) is 11.5 Å². The highest BCUT2D eigenvalue weighted by molar-refractivity contribution is 6.30. The molecular weight excluding hydrogens is 411 g/mol. The van der Waals surface area contributed by atoms with Crippen LogP contribution in [0.5, 0.6) is 0 Å². The number of halogens is 4. The van der Waals surface area contributed by atoms with Gasteiger partial charge in [0.1, 0.15) is 0 Å². The van der Waals surface area contributed by atoms with Crippen molar-refractivity contribution in [3.8, 4) is 0 Å². The Morgan fingerprint density at radius 1 is 1.03 bits per heavy atom. The highest BCUT2D eigenvalue weighted by atomic mass is 35.5. The molecule has 29 heavy (non-hydrogen) atoms. The number of carbonyl (C=O) groups is 2. The number of anilines is 1. The lowest BCUT2D eigenvalue weighted by atomic mass is 9.92. The zero-order chi connectivity index (χ0) is 21.8. The summed E-state index contributed by atoms with van der Waals surface area (Å²) in [5.41, 5.74) is -3.87. The number of aliphatic hydroxyl groups is 1. The molecule has 156 valence electrons. The molecule has 0 unspecified atom stereocenters. The summed E-state index contributed by atoms with van der Waals surface area (Å²) < 4.78 is 44.7. The lowest BCUT2D eigenvalue weighted by Crippen LogP contribution is -2.50. The molecule has 0 saturated heterocycles. The number of nitrogens with zero attached hydrogens (tertiary/aromatic N) is 1. The van der Waals surface area contributed by atoms with Crippen molar-refractivity contribution in [1.82, 2.24) is 0 Å². The summed E-state index contributed by atoms with van der Waals surface area (Å²) in [6.07, 6.45) is -5.29. The zero-order valence-electron chi connectivity index (χ0n) is 15.7. The minimum atomic E-state index is -5.29. The monoisotopic (exact) mass is 429 g/mol. The third kappa shape index (κ3) is 4.54. The van der Waals surface area contributed by atoms with Gasteiger partial charge in [-0.2, -0.15) is 13.2 Å². The molecule has 1 N–H and O–H groups in total. The minimum absolute atomic E-state index is 0.238. The molecule has 0 bridgehead atoms. The number of hydrogen-bond acceptors (Lipinski definition) is 4. The third-order valence-corrected chi connectivity index (χ3v) is 4.48. The molecule has 2 aromatic rings. The van der Waals surface area contributed by atoms with Gasteiger partial charge < -0.3 is 14.7 Å². The topological polar surface area (TPSA) is 66.8 Å². The van der Waals surface area contributed by atoms with Crippen molar-refractivity contribution in [1.29, 1.82) is 0 Å². The number of benzene rings is 2. The maximum absolute atomic E-state index is 13.4. The van der Waals surface area contributed by atoms with Crippen LogP contribution in [0.25, 0.3) is 0 Å². The fourth-order valence-electron chi connectivity index (χ4n) is 2.71. The second-order valence-corrected chi connectivity index (χ2v) is 6.47. The number of carbonyl (C=O) groups excluding carboxylic acids is 2. The highest BCUT2D eigenvalue weighted by Crippen LogP contribution is 2.40. The number of amides is 1. The Morgan fingerprint density at radius 2 is 1.59 bits per heavy atom. The van der Waals surface area contributed by atoms with E-state index >= 15 is 0 Å². The van der Waals surface area contributed by atoms with E-state index in [4.69, 9.17) is 11.6 Å². The van der Waals surface area contributed by atoms with Gasteiger partial charge in [0.2, 0.25) is 0 Å². The van der Waals surface area contributed by atoms with Crippen molar-refractivity contribution < 1.29 is 32.6 Å². The van der Waals surface area contributed by atoms with Gasteiger partial charge in [-0.05, 0) is 50.2 Å². The van der Waals surface area contributed by atoms with E-state index in [1.807, 2.05) is 0 Å². The lowest BCUT2D eigenvalue weighted by Gasteiger charge is -2.29. The molecule has 0 spiro atoms. The number of alkyl halides is 3. The van der Waals surface area contributed by atoms with Gasteiger partial charge in [-0.1, -0.05) is 23.7 Å². The Balaban J connectivity index is 2.39. The van der Waals surface area contributed by atoms with Crippen molar-refractivity contribution >= 4 is 29.2 Å². The summed E-state index contributed by atoms with van der Waals surface area (Å²) in [6, 6.07) is 10.5. The van der Waals surface area contributed by atoms with Crippen molar-refractivity contribution in [2.24, 2.45) is 0 Å². The molecule has 1 amide bonds. The van der Waals surface area contributed by atoms with Crippen LogP contribution in [0.15, 0.2) is 48.5 Å². The Labute approximate surface area is 170 Å². The first kappa shape index (κ1) is 22.7. The average Bonchev–Trinajstić information content (AvgIpc) is 2.68. The van der Waals surface area contributed by atoms with E-state index in [0.717, 1.165) is 12.1 Å². The fourth-order valence-corrected chi connectivity index (χ4v) is 2.83. The fraction of sp³-hybridized carbons (Fsp3) is 0.300. The van der Waals surface area contributed by atoms with Crippen LogP contribution in [-0.2, 0) is 15.1 Å². The van der Waals surface area contributed by atoms with Gasteiger partial charge in [-0.25, -0.2) is 4.79 Å². The van der Waals surface area contributed by atoms with Crippen LogP contribution < -0.4 is 4.90 Å². The summed E-state index contributed by atoms with van der Waals surface area (Å²) in [5, 5.41) is 10.6. The lowest BCUT2D eigenvalue weighted by molar-refractivity contribution is -0.267. The molecule has 0 aliphatic carbocycles. The number of ether oxygens (including phenoxy) is 1. The molecule has 1 atom stereocenters. The summed E-state index contributed by atoms with van der Waals surface area (Å²) in [6.45, 7) is 2.95. The van der Waals surface area contributed by atoms with E-state index in [2.05, 4.69) is 4.74 Å². The smallest absolute Gasteiger partial charge is 0.432 e. The van der Waals surface area contributed by atoms with E-state index in [9.17, 15) is 27.9 Å². The standard InChI is InChI=1S/C20H19ClF3NO4/c1-3-25(17(26)13-5-9-15(21)10-6-13)16-11-7-14(8-12-16)19(28,20(22,23)24)18(27)29-4-2/h5-12,28H,3-4H2,1-2H3/t19-/m0/s1. The van der Waals surface area contributed by atoms with Gasteiger partial charge in [-0.15, -0.1) is 0 Å². The summed E-state index contributed by atoms with van der Waals surface area (Å²) in [5.74, 6) is -2.20. The van der Waals surface area contributed by atoms with Crippen LogP contribution in [0.3, 0.4) is 0 Å². The highest BCUT2D eigenvalue weighted by Gasteiger charge is 2.62. The minimum Gasteiger partial charge on any atom is -0.463 e. The van der Waals surface area contributed by atoms with Crippen LogP contribution in [0.4, 0.5) is 18.9 Å². The maximum Gasteiger partial charge on any atom is 0.432 e. The summed E-state index contributed by atoms with van der Waals surface area (Å²) in [4.78, 5) is 25.9. The predicted molar refractivity (Wildman–Crippen MR) is 102 cm³/mol. The molecule has 2 aromatic carbocycles. The molecular formula is C20H19ClF3NO4. The van der Waals surface area contributed by atoms with Crippen LogP contribution in [0.1, 0.15) is 29.8 Å². The van der Waals surface area contributed by atoms with Gasteiger partial charge in [0.15, 0.2) is 0 Å². The predicted octanol–water partition coefficient (Wildman–Crippen LogP) is 4.32. The first-order chi connectivity index (χ1) is 13.6. The van der Waals surface area contributed by atoms with Crippen LogP contribution in [-0.4, -0.2) is 36.3 Å². The van der Waals surface area contributed by atoms with Gasteiger partial charge >= 0.3 is 12.1 Å². The SMILES string of the molecule is CCOC(=O)[C@@](O)(c1ccc(N(CC)C(=O)c2ccc(Cl)cc2)cc1)C(F)(F)F. The Bertz CT molecular complexity index is 869. The third-order valence-electron chi connectivity index (χ3n) is 4.23. The Hall–Kier alpha value is -2.58. The van der Waals surface area contributed by atoms with E-state index in [-0.39, 0.29) is 19.1 Å². The normalized spacial score (nSPS) is 13.5. The van der Waals surface area contributed by atoms with Gasteiger partial charge in [0.05, 0.1) is 6.61 Å². The molecule has 0 radical (unpaired) electrons. The summed E-state index contributed by atoms with van der Waals surface area (Å²) >= 11 is 5.81. The number of esters is 1. The van der Waals surface area contributed by atoms with Gasteiger partial charge in [0, 0.05) is 28.4 Å². The zero-order valence-corrected chi connectivity index (χ0v) is 16.4. The van der Waals surface area contributed by atoms with E-state index in [0.29, 0.717) is 16.3 Å². The molecule has 0 aliphatic heterocycles. The second kappa shape index (κ2) is 8.84. The van der Waals surface area contributed by atoms with Crippen molar-refractivity contribution in [3.63, 3.8) is 0 Å². The molecule has 9 heteroatoms. The molecule has 5 nitrogen and oxygen atoms in total. The molecule has 0 fully saturated rings. The molecule has 0 aromatic heterocycles. The molecule has 0 heterocycles. The van der Waals surface area contributed by atoms with E-state index in [1.165, 1.54) is 36.1 Å². The largest absolute Gasteiger partial charge is 0.463 e. The van der Waals surface area contributed by atoms with Crippen LogP contribution in [0, 0.1) is 0 Å². The first-order valence-electron chi connectivity index (χ1n) is 8.70. The quantitative estimate of drug-likeness (QED) is 0.694. The summed E-state index contributed by atoms with van der Waals surface area (Å²) in [7, 11) is 0. The Morgan fingerprint density at radius 3 is 2.03 bits per heavy atom. The van der Waals surface area contributed by atoms with Crippen LogP contribution in [0.2, 0.25) is 5.02 Å². The molecule has 0 aliphatic rings. The van der Waals surface area contributed by atoms with E-state index in [1.54, 1.807) is 19.1 Å². The van der Waals surface area contributed by atoms with Crippen molar-refractivity contribution in [2.45, 2.75) is 25.6 Å². The number of rotatable bonds is 6. The average molecular weight is 430 g/mol. The van der Waals surface area contributed by atoms with Crippen molar-refractivity contribution in [3.05, 3.63) is 64.7 Å². The Kier molecular flexibility index (Phi) is 6.92. The van der Waals surface area contributed by atoms with Crippen LogP contribution >= 0.6 is 11.6 Å². The van der Waals surface area contributed by atoms with Crippen molar-refractivity contribution in [2.75, 3.05) is 18.1 Å². The molecule has 2 rings (SSSR count). The maximum atomic E-state index is 13.4. The van der Waals surface area contributed by atoms with E-state index < -0.39 is 23.3 Å². The first-order valence-corrected chi connectivity index (χ1v) is 9.08. The second-order valence-electron chi connectivity index (χ2n) is 6.03. The number of hydrogen-bond donors (Lipinski definition) is 1.